The van der Waals surface area contributed by atoms with E-state index in [0.717, 1.165) is 50.1 Å². The van der Waals surface area contributed by atoms with E-state index < -0.39 is 0 Å². The Morgan fingerprint density at radius 3 is 2.74 bits per heavy atom. The molecule has 2 N–H and O–H groups in total. The van der Waals surface area contributed by atoms with Crippen LogP contribution < -0.4 is 10.6 Å². The van der Waals surface area contributed by atoms with Crippen molar-refractivity contribution < 1.29 is 4.74 Å². The molecule has 23 heavy (non-hydrogen) atoms. The summed E-state index contributed by atoms with van der Waals surface area (Å²) in [6.45, 7) is 5.52. The lowest BCUT2D eigenvalue weighted by Crippen LogP contribution is -2.38. The van der Waals surface area contributed by atoms with Crippen LogP contribution in [0.4, 0.5) is 0 Å². The molecular formula is C17H27ClIN3O. The van der Waals surface area contributed by atoms with Crippen LogP contribution in [0.15, 0.2) is 29.3 Å². The average molecular weight is 452 g/mol. The van der Waals surface area contributed by atoms with Gasteiger partial charge in [-0.1, -0.05) is 23.7 Å². The van der Waals surface area contributed by atoms with Crippen molar-refractivity contribution in [1.82, 2.24) is 10.6 Å². The van der Waals surface area contributed by atoms with Crippen molar-refractivity contribution in [2.75, 3.05) is 26.2 Å². The number of ether oxygens (including phenoxy) is 1. The molecule has 1 atom stereocenters. The molecule has 1 aliphatic rings. The van der Waals surface area contributed by atoms with Gasteiger partial charge in [0.1, 0.15) is 0 Å². The number of halogens is 2. The van der Waals surface area contributed by atoms with Gasteiger partial charge in [0, 0.05) is 31.3 Å². The minimum atomic E-state index is 0. The molecule has 1 aromatic rings. The minimum absolute atomic E-state index is 0. The highest BCUT2D eigenvalue weighted by Gasteiger charge is 2.14. The van der Waals surface area contributed by atoms with Crippen molar-refractivity contribution in [2.45, 2.75) is 38.7 Å². The molecule has 130 valence electrons. The van der Waals surface area contributed by atoms with E-state index in [4.69, 9.17) is 16.3 Å². The summed E-state index contributed by atoms with van der Waals surface area (Å²) >= 11 is 5.89. The lowest BCUT2D eigenvalue weighted by atomic mass is 10.1. The van der Waals surface area contributed by atoms with Crippen LogP contribution in [0.2, 0.25) is 5.02 Å². The van der Waals surface area contributed by atoms with Crippen molar-refractivity contribution in [3.8, 4) is 0 Å². The van der Waals surface area contributed by atoms with Gasteiger partial charge in [-0.15, -0.1) is 24.0 Å². The molecule has 0 spiro atoms. The molecule has 0 saturated carbocycles. The fourth-order valence-corrected chi connectivity index (χ4v) is 2.64. The van der Waals surface area contributed by atoms with Crippen molar-refractivity contribution in [1.29, 1.82) is 0 Å². The van der Waals surface area contributed by atoms with Crippen LogP contribution in [-0.2, 0) is 11.2 Å². The number of hydrogen-bond donors (Lipinski definition) is 2. The molecular weight excluding hydrogens is 425 g/mol. The van der Waals surface area contributed by atoms with Crippen LogP contribution in [-0.4, -0.2) is 38.3 Å². The van der Waals surface area contributed by atoms with E-state index >= 15 is 0 Å². The van der Waals surface area contributed by atoms with Gasteiger partial charge < -0.3 is 15.4 Å². The molecule has 0 amide bonds. The molecule has 1 aliphatic heterocycles. The number of hydrogen-bond acceptors (Lipinski definition) is 2. The molecule has 6 heteroatoms. The Morgan fingerprint density at radius 1 is 1.30 bits per heavy atom. The highest BCUT2D eigenvalue weighted by Crippen LogP contribution is 2.14. The number of benzene rings is 1. The number of nitrogens with one attached hydrogen (secondary N) is 2. The summed E-state index contributed by atoms with van der Waals surface area (Å²) < 4.78 is 5.62. The number of guanidine groups is 1. The maximum absolute atomic E-state index is 5.89. The highest BCUT2D eigenvalue weighted by molar-refractivity contribution is 14.0. The van der Waals surface area contributed by atoms with Crippen LogP contribution in [0.1, 0.15) is 31.7 Å². The summed E-state index contributed by atoms with van der Waals surface area (Å²) in [5.41, 5.74) is 1.27. The second-order valence-corrected chi connectivity index (χ2v) is 5.92. The van der Waals surface area contributed by atoms with E-state index in [1.165, 1.54) is 18.4 Å². The van der Waals surface area contributed by atoms with E-state index in [1.807, 2.05) is 12.1 Å². The minimum Gasteiger partial charge on any atom is -0.378 e. The molecule has 1 unspecified atom stereocenters. The second kappa shape index (κ2) is 11.9. The third kappa shape index (κ3) is 8.22. The molecule has 0 radical (unpaired) electrons. The summed E-state index contributed by atoms with van der Waals surface area (Å²) in [4.78, 5) is 4.62. The first kappa shape index (κ1) is 20.5. The standard InChI is InChI=1S/C17H26ClN3O.HI/c1-2-19-17(21-12-10-16-4-3-13-22-16)20-11-9-14-5-7-15(18)8-6-14;/h5-8,16H,2-4,9-13H2,1H3,(H2,19,20,21);1H. The molecule has 4 nitrogen and oxygen atoms in total. The van der Waals surface area contributed by atoms with E-state index in [-0.39, 0.29) is 24.0 Å². The fourth-order valence-electron chi connectivity index (χ4n) is 2.51. The molecule has 1 fully saturated rings. The fraction of sp³-hybridized carbons (Fsp3) is 0.588. The Kier molecular flexibility index (Phi) is 10.6. The van der Waals surface area contributed by atoms with Gasteiger partial charge in [0.15, 0.2) is 5.96 Å². The first-order chi connectivity index (χ1) is 10.8. The summed E-state index contributed by atoms with van der Waals surface area (Å²) in [6, 6.07) is 7.98. The van der Waals surface area contributed by atoms with Gasteiger partial charge in [-0.05, 0) is 50.3 Å². The Bertz CT molecular complexity index is 461. The second-order valence-electron chi connectivity index (χ2n) is 5.49. The quantitative estimate of drug-likeness (QED) is 0.378. The topological polar surface area (TPSA) is 45.7 Å². The maximum Gasteiger partial charge on any atom is 0.191 e. The van der Waals surface area contributed by atoms with Gasteiger partial charge >= 0.3 is 0 Å². The number of rotatable bonds is 7. The van der Waals surface area contributed by atoms with Gasteiger partial charge in [-0.25, -0.2) is 0 Å². The zero-order valence-corrected chi connectivity index (χ0v) is 16.8. The van der Waals surface area contributed by atoms with Crippen LogP contribution in [0, 0.1) is 0 Å². The van der Waals surface area contributed by atoms with Gasteiger partial charge in [0.25, 0.3) is 0 Å². The summed E-state index contributed by atoms with van der Waals surface area (Å²) in [5.74, 6) is 0.884. The summed E-state index contributed by atoms with van der Waals surface area (Å²) in [7, 11) is 0. The zero-order chi connectivity index (χ0) is 15.6. The predicted molar refractivity (Wildman–Crippen MR) is 108 cm³/mol. The Labute approximate surface area is 161 Å². The van der Waals surface area contributed by atoms with Gasteiger partial charge in [0.2, 0.25) is 0 Å². The Morgan fingerprint density at radius 2 is 2.09 bits per heavy atom. The first-order valence-corrected chi connectivity index (χ1v) is 8.54. The highest BCUT2D eigenvalue weighted by atomic mass is 127. The monoisotopic (exact) mass is 451 g/mol. The molecule has 1 heterocycles. The molecule has 1 saturated heterocycles. The van der Waals surface area contributed by atoms with Crippen molar-refractivity contribution in [3.63, 3.8) is 0 Å². The summed E-state index contributed by atoms with van der Waals surface area (Å²) in [5, 5.41) is 7.43. The van der Waals surface area contributed by atoms with E-state index in [0.29, 0.717) is 6.10 Å². The van der Waals surface area contributed by atoms with Crippen LogP contribution >= 0.6 is 35.6 Å². The Balaban J connectivity index is 0.00000264. The molecule has 0 bridgehead atoms. The lowest BCUT2D eigenvalue weighted by Gasteiger charge is -2.12. The predicted octanol–water partition coefficient (Wildman–Crippen LogP) is 3.62. The first-order valence-electron chi connectivity index (χ1n) is 8.16. The van der Waals surface area contributed by atoms with Crippen LogP contribution in [0.3, 0.4) is 0 Å². The Hall–Kier alpha value is -0.530. The third-order valence-electron chi connectivity index (χ3n) is 3.71. The molecule has 2 rings (SSSR count). The van der Waals surface area contributed by atoms with Gasteiger partial charge in [-0.2, -0.15) is 0 Å². The number of aliphatic imine (C=N–C) groups is 1. The van der Waals surface area contributed by atoms with Crippen molar-refractivity contribution in [3.05, 3.63) is 34.9 Å². The van der Waals surface area contributed by atoms with E-state index in [2.05, 4.69) is 34.7 Å². The molecule has 1 aromatic carbocycles. The van der Waals surface area contributed by atoms with E-state index in [9.17, 15) is 0 Å². The molecule has 0 aliphatic carbocycles. The normalized spacial score (nSPS) is 17.7. The van der Waals surface area contributed by atoms with Crippen LogP contribution in [0.5, 0.6) is 0 Å². The SMILES string of the molecule is CCNC(=NCCC1CCCO1)NCCc1ccc(Cl)cc1.I. The largest absolute Gasteiger partial charge is 0.378 e. The van der Waals surface area contributed by atoms with Crippen molar-refractivity contribution in [2.24, 2.45) is 4.99 Å². The smallest absolute Gasteiger partial charge is 0.191 e. The number of nitrogens with zero attached hydrogens (tertiary/aromatic N) is 1. The summed E-state index contributed by atoms with van der Waals surface area (Å²) in [6.07, 6.45) is 4.73. The van der Waals surface area contributed by atoms with Crippen LogP contribution in [0.25, 0.3) is 0 Å². The maximum atomic E-state index is 5.89. The van der Waals surface area contributed by atoms with Crippen molar-refractivity contribution >= 4 is 41.5 Å². The third-order valence-corrected chi connectivity index (χ3v) is 3.96. The average Bonchev–Trinajstić information content (AvgIpc) is 3.02. The zero-order valence-electron chi connectivity index (χ0n) is 13.7. The lowest BCUT2D eigenvalue weighted by molar-refractivity contribution is 0.106. The van der Waals surface area contributed by atoms with E-state index in [1.54, 1.807) is 0 Å². The van der Waals surface area contributed by atoms with Gasteiger partial charge in [-0.3, -0.25) is 4.99 Å². The van der Waals surface area contributed by atoms with Gasteiger partial charge in [0.05, 0.1) is 6.10 Å². The molecule has 0 aromatic heterocycles.